The molecule has 3 aromatic rings. The predicted octanol–water partition coefficient (Wildman–Crippen LogP) is 2.74. The lowest BCUT2D eigenvalue weighted by molar-refractivity contribution is 0.477. The van der Waals surface area contributed by atoms with Crippen LogP contribution in [0.25, 0.3) is 22.2 Å². The number of imidazole rings is 1. The summed E-state index contributed by atoms with van der Waals surface area (Å²) in [5.41, 5.74) is 3.52. The number of fused-ring (bicyclic) bond motifs is 1. The fraction of sp³-hybridized carbons (Fsp3) is 0. The molecule has 2 aromatic carbocycles. The van der Waals surface area contributed by atoms with Crippen molar-refractivity contribution in [2.45, 2.75) is 0 Å². The van der Waals surface area contributed by atoms with Crippen LogP contribution in [0, 0.1) is 6.07 Å². The summed E-state index contributed by atoms with van der Waals surface area (Å²) in [5.74, 6) is 0.220. The van der Waals surface area contributed by atoms with E-state index < -0.39 is 0 Å². The zero-order chi connectivity index (χ0) is 11.0. The van der Waals surface area contributed by atoms with E-state index in [0.29, 0.717) is 0 Å². The molecule has 1 radical (unpaired) electrons. The van der Waals surface area contributed by atoms with E-state index >= 15 is 0 Å². The molecule has 3 nitrogen and oxygen atoms in total. The SMILES string of the molecule is Oc1c[c]ccc1-c1cccc2[nH]cnc12. The van der Waals surface area contributed by atoms with Gasteiger partial charge >= 0.3 is 0 Å². The molecule has 2 N–H and O–H groups in total. The molecule has 0 unspecified atom stereocenters. The van der Waals surface area contributed by atoms with Gasteiger partial charge in [0.2, 0.25) is 0 Å². The van der Waals surface area contributed by atoms with Crippen molar-refractivity contribution in [3.8, 4) is 16.9 Å². The largest absolute Gasteiger partial charge is 0.507 e. The molecule has 0 amide bonds. The van der Waals surface area contributed by atoms with Crippen LogP contribution < -0.4 is 0 Å². The molecule has 0 spiro atoms. The smallest absolute Gasteiger partial charge is 0.124 e. The second-order valence-electron chi connectivity index (χ2n) is 3.55. The maximum absolute atomic E-state index is 9.79. The number of benzene rings is 2. The second kappa shape index (κ2) is 3.38. The summed E-state index contributed by atoms with van der Waals surface area (Å²) in [5, 5.41) is 9.79. The molecule has 0 saturated heterocycles. The Kier molecular flexibility index (Phi) is 1.90. The second-order valence-corrected chi connectivity index (χ2v) is 3.55. The van der Waals surface area contributed by atoms with Crippen molar-refractivity contribution in [1.29, 1.82) is 0 Å². The first-order valence-electron chi connectivity index (χ1n) is 4.98. The molecule has 3 rings (SSSR count). The van der Waals surface area contributed by atoms with Gasteiger partial charge in [0.05, 0.1) is 17.4 Å². The molecular formula is C13H9N2O. The van der Waals surface area contributed by atoms with E-state index in [-0.39, 0.29) is 5.75 Å². The van der Waals surface area contributed by atoms with Crippen molar-refractivity contribution in [1.82, 2.24) is 9.97 Å². The molecule has 0 saturated carbocycles. The Balaban J connectivity index is 2.34. The fourth-order valence-corrected chi connectivity index (χ4v) is 1.83. The standard InChI is InChI=1S/C13H9N2O/c16-12-7-2-1-4-9(12)10-5-3-6-11-13(10)15-8-14-11/h1,3-8,16H,(H,14,15). The molecule has 77 valence electrons. The molecule has 3 heteroatoms. The first-order valence-corrected chi connectivity index (χ1v) is 4.98. The summed E-state index contributed by atoms with van der Waals surface area (Å²) >= 11 is 0. The van der Waals surface area contributed by atoms with Gasteiger partial charge in [-0.3, -0.25) is 0 Å². The third-order valence-electron chi connectivity index (χ3n) is 2.58. The Labute approximate surface area is 92.4 Å². The van der Waals surface area contributed by atoms with Crippen molar-refractivity contribution in [2.75, 3.05) is 0 Å². The average molecular weight is 209 g/mol. The number of para-hydroxylation sites is 1. The highest BCUT2D eigenvalue weighted by atomic mass is 16.3. The number of nitrogens with one attached hydrogen (secondary N) is 1. The van der Waals surface area contributed by atoms with E-state index in [1.165, 1.54) is 0 Å². The summed E-state index contributed by atoms with van der Waals surface area (Å²) in [4.78, 5) is 7.31. The minimum absolute atomic E-state index is 0.220. The molecule has 0 fully saturated rings. The molecule has 16 heavy (non-hydrogen) atoms. The first-order chi connectivity index (χ1) is 7.86. The predicted molar refractivity (Wildman–Crippen MR) is 62.0 cm³/mol. The minimum atomic E-state index is 0.220. The fourth-order valence-electron chi connectivity index (χ4n) is 1.83. The molecule has 0 aliphatic heterocycles. The van der Waals surface area contributed by atoms with E-state index in [0.717, 1.165) is 22.2 Å². The maximum atomic E-state index is 9.79. The number of H-pyrrole nitrogens is 1. The lowest BCUT2D eigenvalue weighted by atomic mass is 10.0. The van der Waals surface area contributed by atoms with Gasteiger partial charge in [-0.05, 0) is 24.3 Å². The normalized spacial score (nSPS) is 10.8. The minimum Gasteiger partial charge on any atom is -0.507 e. The summed E-state index contributed by atoms with van der Waals surface area (Å²) in [6, 6.07) is 13.8. The lowest BCUT2D eigenvalue weighted by Gasteiger charge is -2.04. The molecular weight excluding hydrogens is 200 g/mol. The maximum Gasteiger partial charge on any atom is 0.124 e. The Morgan fingerprint density at radius 3 is 3.00 bits per heavy atom. The number of aromatic nitrogens is 2. The van der Waals surface area contributed by atoms with E-state index in [1.807, 2.05) is 24.3 Å². The van der Waals surface area contributed by atoms with Crippen LogP contribution in [0.15, 0.2) is 42.7 Å². The zero-order valence-electron chi connectivity index (χ0n) is 8.44. The third-order valence-corrected chi connectivity index (χ3v) is 2.58. The molecule has 0 atom stereocenters. The van der Waals surface area contributed by atoms with Gasteiger partial charge < -0.3 is 10.1 Å². The van der Waals surface area contributed by atoms with Crippen molar-refractivity contribution in [2.24, 2.45) is 0 Å². The lowest BCUT2D eigenvalue weighted by Crippen LogP contribution is -1.81. The molecule has 0 aliphatic rings. The summed E-state index contributed by atoms with van der Waals surface area (Å²) in [6.45, 7) is 0. The summed E-state index contributed by atoms with van der Waals surface area (Å²) < 4.78 is 0. The van der Waals surface area contributed by atoms with Crippen LogP contribution in [0.3, 0.4) is 0 Å². The molecule has 1 heterocycles. The van der Waals surface area contributed by atoms with E-state index in [1.54, 1.807) is 18.5 Å². The Morgan fingerprint density at radius 1 is 1.19 bits per heavy atom. The Hall–Kier alpha value is -2.29. The topological polar surface area (TPSA) is 48.9 Å². The van der Waals surface area contributed by atoms with Crippen molar-refractivity contribution in [3.05, 3.63) is 48.8 Å². The first kappa shape index (κ1) is 8.97. The van der Waals surface area contributed by atoms with E-state index in [2.05, 4.69) is 16.0 Å². The van der Waals surface area contributed by atoms with E-state index in [4.69, 9.17) is 0 Å². The van der Waals surface area contributed by atoms with Crippen molar-refractivity contribution < 1.29 is 5.11 Å². The highest BCUT2D eigenvalue weighted by molar-refractivity contribution is 5.93. The van der Waals surface area contributed by atoms with E-state index in [9.17, 15) is 5.11 Å². The number of hydrogen-bond acceptors (Lipinski definition) is 2. The van der Waals surface area contributed by atoms with Crippen molar-refractivity contribution >= 4 is 11.0 Å². The Bertz CT molecular complexity index is 643. The summed E-state index contributed by atoms with van der Waals surface area (Å²) in [6.07, 6.45) is 1.65. The molecule has 0 aliphatic carbocycles. The van der Waals surface area contributed by atoms with Crippen LogP contribution in [0.5, 0.6) is 5.75 Å². The average Bonchev–Trinajstić information content (AvgIpc) is 2.77. The molecule has 0 bridgehead atoms. The highest BCUT2D eigenvalue weighted by Gasteiger charge is 2.08. The number of phenols is 1. The van der Waals surface area contributed by atoms with Gasteiger partial charge in [-0.2, -0.15) is 0 Å². The number of rotatable bonds is 1. The van der Waals surface area contributed by atoms with Crippen molar-refractivity contribution in [3.63, 3.8) is 0 Å². The van der Waals surface area contributed by atoms with Gasteiger partial charge in [-0.1, -0.05) is 18.2 Å². The highest BCUT2D eigenvalue weighted by Crippen LogP contribution is 2.32. The number of phenolic OH excluding ortho intramolecular Hbond substituents is 1. The van der Waals surface area contributed by atoms with Gasteiger partial charge in [0.25, 0.3) is 0 Å². The van der Waals surface area contributed by atoms with Gasteiger partial charge in [-0.15, -0.1) is 0 Å². The third kappa shape index (κ3) is 1.26. The molecule has 1 aromatic heterocycles. The number of aromatic amines is 1. The van der Waals surface area contributed by atoms with Crippen LogP contribution in [-0.2, 0) is 0 Å². The van der Waals surface area contributed by atoms with Crippen LogP contribution in [0.1, 0.15) is 0 Å². The van der Waals surface area contributed by atoms with Crippen LogP contribution in [-0.4, -0.2) is 15.1 Å². The zero-order valence-corrected chi connectivity index (χ0v) is 8.44. The monoisotopic (exact) mass is 209 g/mol. The Morgan fingerprint density at radius 2 is 2.12 bits per heavy atom. The van der Waals surface area contributed by atoms with Gasteiger partial charge in [0, 0.05) is 11.1 Å². The summed E-state index contributed by atoms with van der Waals surface area (Å²) in [7, 11) is 0. The number of hydrogen-bond donors (Lipinski definition) is 2. The number of nitrogens with zero attached hydrogens (tertiary/aromatic N) is 1. The quantitative estimate of drug-likeness (QED) is 0.647. The van der Waals surface area contributed by atoms with Gasteiger partial charge in [-0.25, -0.2) is 4.98 Å². The van der Waals surface area contributed by atoms with Crippen LogP contribution >= 0.6 is 0 Å². The van der Waals surface area contributed by atoms with Crippen LogP contribution in [0.2, 0.25) is 0 Å². The van der Waals surface area contributed by atoms with Crippen LogP contribution in [0.4, 0.5) is 0 Å². The number of aromatic hydroxyl groups is 1. The van der Waals surface area contributed by atoms with Gasteiger partial charge in [0.15, 0.2) is 0 Å². The van der Waals surface area contributed by atoms with Gasteiger partial charge in [0.1, 0.15) is 5.75 Å².